The summed E-state index contributed by atoms with van der Waals surface area (Å²) in [5, 5.41) is 17.9. The average Bonchev–Trinajstić information content (AvgIpc) is 2.37. The van der Waals surface area contributed by atoms with Gasteiger partial charge < -0.3 is 9.84 Å². The maximum absolute atomic E-state index is 8.46. The highest BCUT2D eigenvalue weighted by Gasteiger charge is 2.04. The molecule has 0 aliphatic rings. The van der Waals surface area contributed by atoms with E-state index in [1.165, 1.54) is 11.3 Å². The van der Waals surface area contributed by atoms with Crippen LogP contribution in [0.4, 0.5) is 0 Å². The van der Waals surface area contributed by atoms with Gasteiger partial charge in [0.05, 0.1) is 4.47 Å². The lowest BCUT2D eigenvalue weighted by molar-refractivity contribution is 0.329. The van der Waals surface area contributed by atoms with Crippen LogP contribution in [0.25, 0.3) is 0 Å². The molecule has 0 aliphatic heterocycles. The van der Waals surface area contributed by atoms with Gasteiger partial charge in [-0.3, -0.25) is 5.41 Å². The monoisotopic (exact) mass is 235 g/mol. The van der Waals surface area contributed by atoms with Crippen molar-refractivity contribution in [1.82, 2.24) is 0 Å². The molecule has 1 aromatic heterocycles. The number of aliphatic hydroxyl groups excluding tert-OH is 1. The van der Waals surface area contributed by atoms with E-state index < -0.39 is 0 Å². The standard InChI is InChI=1S/C6H6BrNO2S/c7-4-1-2-11-6(4)10-5(8)3-9/h1-2,8-9H,3H2. The Morgan fingerprint density at radius 2 is 2.55 bits per heavy atom. The van der Waals surface area contributed by atoms with Gasteiger partial charge in [-0.15, -0.1) is 11.3 Å². The van der Waals surface area contributed by atoms with Crippen molar-refractivity contribution in [1.29, 1.82) is 5.41 Å². The van der Waals surface area contributed by atoms with E-state index in [0.29, 0.717) is 5.06 Å². The molecule has 60 valence electrons. The molecule has 5 heteroatoms. The van der Waals surface area contributed by atoms with Crippen molar-refractivity contribution >= 4 is 33.2 Å². The van der Waals surface area contributed by atoms with Crippen LogP contribution in [0, 0.1) is 5.41 Å². The highest BCUT2D eigenvalue weighted by atomic mass is 79.9. The van der Waals surface area contributed by atoms with Gasteiger partial charge in [0.15, 0.2) is 5.06 Å². The highest BCUT2D eigenvalue weighted by Crippen LogP contribution is 2.30. The zero-order chi connectivity index (χ0) is 8.27. The number of hydrogen-bond donors (Lipinski definition) is 2. The van der Waals surface area contributed by atoms with Gasteiger partial charge in [0, 0.05) is 0 Å². The van der Waals surface area contributed by atoms with Crippen LogP contribution in [-0.4, -0.2) is 17.6 Å². The molecule has 0 bridgehead atoms. The second kappa shape index (κ2) is 3.85. The Kier molecular flexibility index (Phi) is 3.04. The minimum absolute atomic E-state index is 0.145. The quantitative estimate of drug-likeness (QED) is 0.608. The Balaban J connectivity index is 2.64. The summed E-state index contributed by atoms with van der Waals surface area (Å²) in [4.78, 5) is 0. The van der Waals surface area contributed by atoms with Crippen molar-refractivity contribution in [2.24, 2.45) is 0 Å². The number of aliphatic hydroxyl groups is 1. The van der Waals surface area contributed by atoms with Crippen molar-refractivity contribution in [3.63, 3.8) is 0 Å². The molecule has 0 aromatic carbocycles. The van der Waals surface area contributed by atoms with Crippen molar-refractivity contribution in [3.8, 4) is 5.06 Å². The Hall–Kier alpha value is -0.390. The van der Waals surface area contributed by atoms with Gasteiger partial charge in [-0.2, -0.15) is 0 Å². The van der Waals surface area contributed by atoms with Gasteiger partial charge in [0.1, 0.15) is 6.61 Å². The van der Waals surface area contributed by atoms with E-state index in [4.69, 9.17) is 15.3 Å². The fraction of sp³-hybridized carbons (Fsp3) is 0.167. The molecule has 0 radical (unpaired) electrons. The molecule has 0 fully saturated rings. The molecular weight excluding hydrogens is 230 g/mol. The van der Waals surface area contributed by atoms with Crippen molar-refractivity contribution in [2.45, 2.75) is 0 Å². The number of nitrogens with one attached hydrogen (secondary N) is 1. The molecule has 0 amide bonds. The first kappa shape index (κ1) is 8.70. The fourth-order valence-corrected chi connectivity index (χ4v) is 1.82. The molecule has 0 spiro atoms. The molecule has 11 heavy (non-hydrogen) atoms. The van der Waals surface area contributed by atoms with Crippen LogP contribution in [0.2, 0.25) is 0 Å². The zero-order valence-corrected chi connectivity index (χ0v) is 7.91. The SMILES string of the molecule is N=C(CO)Oc1sccc1Br. The van der Waals surface area contributed by atoms with E-state index in [2.05, 4.69) is 15.9 Å². The van der Waals surface area contributed by atoms with Crippen LogP contribution in [0.15, 0.2) is 15.9 Å². The summed E-state index contributed by atoms with van der Waals surface area (Å²) >= 11 is 4.60. The van der Waals surface area contributed by atoms with Crippen molar-refractivity contribution in [3.05, 3.63) is 15.9 Å². The van der Waals surface area contributed by atoms with Crippen LogP contribution >= 0.6 is 27.3 Å². The number of rotatable bonds is 2. The molecule has 3 nitrogen and oxygen atoms in total. The maximum atomic E-state index is 8.46. The number of halogens is 1. The summed E-state index contributed by atoms with van der Waals surface area (Å²) in [5.41, 5.74) is 0. The predicted molar refractivity (Wildman–Crippen MR) is 47.5 cm³/mol. The van der Waals surface area contributed by atoms with Crippen LogP contribution < -0.4 is 4.74 Å². The van der Waals surface area contributed by atoms with Crippen molar-refractivity contribution in [2.75, 3.05) is 6.61 Å². The van der Waals surface area contributed by atoms with Crippen LogP contribution in [0.5, 0.6) is 5.06 Å². The minimum atomic E-state index is -0.371. The second-order valence-corrected chi connectivity index (χ2v) is 3.47. The largest absolute Gasteiger partial charge is 0.429 e. The van der Waals surface area contributed by atoms with E-state index in [9.17, 15) is 0 Å². The predicted octanol–water partition coefficient (Wildman–Crippen LogP) is 1.86. The molecule has 0 saturated carbocycles. The lowest BCUT2D eigenvalue weighted by atomic mass is 10.6. The van der Waals surface area contributed by atoms with Gasteiger partial charge in [0.25, 0.3) is 0 Å². The second-order valence-electron chi connectivity index (χ2n) is 1.74. The third-order valence-corrected chi connectivity index (χ3v) is 2.62. The number of ether oxygens (including phenoxy) is 1. The Bertz CT molecular complexity index is 261. The minimum Gasteiger partial charge on any atom is -0.429 e. The lowest BCUT2D eigenvalue weighted by Crippen LogP contribution is -2.10. The fourth-order valence-electron chi connectivity index (χ4n) is 0.497. The number of hydrogen-bond acceptors (Lipinski definition) is 4. The van der Waals surface area contributed by atoms with Crippen LogP contribution in [0.1, 0.15) is 0 Å². The molecule has 0 saturated heterocycles. The zero-order valence-electron chi connectivity index (χ0n) is 5.50. The summed E-state index contributed by atoms with van der Waals surface area (Å²) in [6.45, 7) is -0.371. The highest BCUT2D eigenvalue weighted by molar-refractivity contribution is 9.10. The van der Waals surface area contributed by atoms with Crippen LogP contribution in [0.3, 0.4) is 0 Å². The summed E-state index contributed by atoms with van der Waals surface area (Å²) in [7, 11) is 0. The smallest absolute Gasteiger partial charge is 0.214 e. The van der Waals surface area contributed by atoms with Gasteiger partial charge in [0.2, 0.25) is 5.90 Å². The maximum Gasteiger partial charge on any atom is 0.214 e. The molecule has 0 atom stereocenters. The Morgan fingerprint density at radius 3 is 3.00 bits per heavy atom. The van der Waals surface area contributed by atoms with Crippen molar-refractivity contribution < 1.29 is 9.84 Å². The third kappa shape index (κ3) is 2.28. The van der Waals surface area contributed by atoms with E-state index in [0.717, 1.165) is 4.47 Å². The number of thiophene rings is 1. The first-order valence-electron chi connectivity index (χ1n) is 2.83. The van der Waals surface area contributed by atoms with E-state index >= 15 is 0 Å². The van der Waals surface area contributed by atoms with Gasteiger partial charge in [-0.1, -0.05) is 0 Å². The lowest BCUT2D eigenvalue weighted by Gasteiger charge is -2.00. The van der Waals surface area contributed by atoms with E-state index in [-0.39, 0.29) is 12.5 Å². The summed E-state index contributed by atoms with van der Waals surface area (Å²) in [6.07, 6.45) is 0. The van der Waals surface area contributed by atoms with Gasteiger partial charge in [-0.25, -0.2) is 0 Å². The Labute approximate surface area is 76.3 Å². The molecular formula is C6H6BrNO2S. The normalized spacial score (nSPS) is 9.64. The Morgan fingerprint density at radius 1 is 1.82 bits per heavy atom. The average molecular weight is 236 g/mol. The molecule has 1 aromatic rings. The summed E-state index contributed by atoms with van der Waals surface area (Å²) < 4.78 is 5.75. The summed E-state index contributed by atoms with van der Waals surface area (Å²) in [6, 6.07) is 1.82. The van der Waals surface area contributed by atoms with Gasteiger partial charge in [-0.05, 0) is 27.4 Å². The molecule has 0 unspecified atom stereocenters. The molecule has 1 rings (SSSR count). The third-order valence-electron chi connectivity index (χ3n) is 0.944. The van der Waals surface area contributed by atoms with Crippen LogP contribution in [-0.2, 0) is 0 Å². The topological polar surface area (TPSA) is 53.3 Å². The first-order valence-corrected chi connectivity index (χ1v) is 4.50. The van der Waals surface area contributed by atoms with E-state index in [1.807, 2.05) is 11.4 Å². The summed E-state index contributed by atoms with van der Waals surface area (Å²) in [5.74, 6) is -0.145. The van der Waals surface area contributed by atoms with E-state index in [1.54, 1.807) is 0 Å². The molecule has 0 aliphatic carbocycles. The molecule has 1 heterocycles. The first-order chi connectivity index (χ1) is 5.24. The molecule has 2 N–H and O–H groups in total. The van der Waals surface area contributed by atoms with Gasteiger partial charge >= 0.3 is 0 Å².